The second-order valence-electron chi connectivity index (χ2n) is 8.46. The Labute approximate surface area is 177 Å². The first-order valence-corrected chi connectivity index (χ1v) is 9.84. The van der Waals surface area contributed by atoms with Gasteiger partial charge in [-0.2, -0.15) is 0 Å². The predicted molar refractivity (Wildman–Crippen MR) is 120 cm³/mol. The molecule has 3 aliphatic heterocycles. The van der Waals surface area contributed by atoms with Crippen molar-refractivity contribution in [1.82, 2.24) is 14.9 Å². The number of H-pyrrole nitrogens is 1. The van der Waals surface area contributed by atoms with Crippen molar-refractivity contribution in [2.24, 2.45) is 17.8 Å². The van der Waals surface area contributed by atoms with E-state index in [1.54, 1.807) is 0 Å². The van der Waals surface area contributed by atoms with Crippen molar-refractivity contribution in [2.45, 2.75) is 18.9 Å². The Morgan fingerprint density at radius 3 is 2.50 bits per heavy atom. The first kappa shape index (κ1) is 19.6. The van der Waals surface area contributed by atoms with Gasteiger partial charge in [0, 0.05) is 48.3 Å². The zero-order valence-electron chi connectivity index (χ0n) is 15.7. The van der Waals surface area contributed by atoms with Crippen molar-refractivity contribution in [3.63, 3.8) is 0 Å². The molecule has 1 aromatic carbocycles. The Kier molecular flexibility index (Phi) is 5.30. The summed E-state index contributed by atoms with van der Waals surface area (Å²) in [5.41, 5.74) is 4.55. The Morgan fingerprint density at radius 2 is 1.79 bits per heavy atom. The third-order valence-corrected chi connectivity index (χ3v) is 6.74. The maximum atomic E-state index is 4.74. The predicted octanol–water partition coefficient (Wildman–Crippen LogP) is 4.83. The number of anilines is 1. The molecule has 4 bridgehead atoms. The molecule has 3 saturated heterocycles. The van der Waals surface area contributed by atoms with E-state index < -0.39 is 0 Å². The van der Waals surface area contributed by atoms with Crippen LogP contribution in [0.1, 0.15) is 12.8 Å². The van der Waals surface area contributed by atoms with Crippen LogP contribution in [-0.4, -0.2) is 40.5 Å². The molecular weight excluding hydrogens is 391 g/mol. The lowest BCUT2D eigenvalue weighted by Gasteiger charge is -2.56. The minimum Gasteiger partial charge on any atom is -0.380 e. The van der Waals surface area contributed by atoms with Crippen molar-refractivity contribution >= 4 is 41.4 Å². The molecule has 2 N–H and O–H groups in total. The molecule has 148 valence electrons. The van der Waals surface area contributed by atoms with Gasteiger partial charge in [-0.3, -0.25) is 4.98 Å². The van der Waals surface area contributed by atoms with Gasteiger partial charge in [0.15, 0.2) is 0 Å². The summed E-state index contributed by atoms with van der Waals surface area (Å²) in [5.74, 6) is 2.59. The molecule has 5 heterocycles. The van der Waals surface area contributed by atoms with Crippen LogP contribution in [0.15, 0.2) is 48.8 Å². The Balaban J connectivity index is 0.000000961. The van der Waals surface area contributed by atoms with E-state index in [0.29, 0.717) is 6.04 Å². The van der Waals surface area contributed by atoms with Gasteiger partial charge >= 0.3 is 0 Å². The molecule has 4 aliphatic rings. The molecule has 1 saturated carbocycles. The fourth-order valence-electron chi connectivity index (χ4n) is 5.70. The van der Waals surface area contributed by atoms with E-state index in [2.05, 4.69) is 51.6 Å². The Hall–Kier alpha value is -1.75. The molecule has 6 heteroatoms. The van der Waals surface area contributed by atoms with E-state index in [4.69, 9.17) is 4.98 Å². The van der Waals surface area contributed by atoms with Crippen molar-refractivity contribution in [3.8, 4) is 11.3 Å². The highest BCUT2D eigenvalue weighted by molar-refractivity contribution is 5.86. The van der Waals surface area contributed by atoms with Gasteiger partial charge in [0.05, 0.1) is 17.6 Å². The van der Waals surface area contributed by atoms with Gasteiger partial charge in [-0.05, 0) is 60.9 Å². The molecule has 28 heavy (non-hydrogen) atoms. The lowest BCUT2D eigenvalue weighted by molar-refractivity contribution is -0.0269. The number of benzene rings is 1. The van der Waals surface area contributed by atoms with Crippen molar-refractivity contribution in [2.75, 3.05) is 25.0 Å². The molecule has 2 aromatic heterocycles. The number of nitrogens with one attached hydrogen (secondary N) is 2. The maximum Gasteiger partial charge on any atom is 0.0703 e. The molecule has 2 atom stereocenters. The van der Waals surface area contributed by atoms with Crippen molar-refractivity contribution < 1.29 is 0 Å². The number of halogens is 2. The van der Waals surface area contributed by atoms with Gasteiger partial charge in [-0.1, -0.05) is 6.07 Å². The van der Waals surface area contributed by atoms with Crippen LogP contribution in [0, 0.1) is 17.8 Å². The van der Waals surface area contributed by atoms with E-state index in [1.165, 1.54) is 54.6 Å². The highest BCUT2D eigenvalue weighted by Crippen LogP contribution is 2.44. The fourth-order valence-corrected chi connectivity index (χ4v) is 5.70. The first-order chi connectivity index (χ1) is 12.8. The summed E-state index contributed by atoms with van der Waals surface area (Å²) >= 11 is 0. The molecule has 0 spiro atoms. The number of rotatable bonds is 3. The Morgan fingerprint density at radius 1 is 0.964 bits per heavy atom. The first-order valence-electron chi connectivity index (χ1n) is 9.84. The van der Waals surface area contributed by atoms with E-state index >= 15 is 0 Å². The van der Waals surface area contributed by atoms with Gasteiger partial charge in [0.2, 0.25) is 0 Å². The number of fused-ring (bicyclic) bond motifs is 1. The van der Waals surface area contributed by atoms with Gasteiger partial charge in [0.25, 0.3) is 0 Å². The summed E-state index contributed by atoms with van der Waals surface area (Å²) in [5, 5.41) is 5.07. The lowest BCUT2D eigenvalue weighted by Crippen LogP contribution is -2.62. The highest BCUT2D eigenvalue weighted by Gasteiger charge is 2.47. The summed E-state index contributed by atoms with van der Waals surface area (Å²) in [4.78, 5) is 10.7. The normalized spacial score (nSPS) is 29.9. The average molecular weight is 417 g/mol. The molecule has 4 nitrogen and oxygen atoms in total. The average Bonchev–Trinajstić information content (AvgIpc) is 3.12. The van der Waals surface area contributed by atoms with Crippen LogP contribution < -0.4 is 5.32 Å². The molecule has 1 aliphatic carbocycles. The van der Waals surface area contributed by atoms with Gasteiger partial charge < -0.3 is 15.2 Å². The van der Waals surface area contributed by atoms with Gasteiger partial charge in [-0.15, -0.1) is 24.8 Å². The van der Waals surface area contributed by atoms with E-state index in [-0.39, 0.29) is 24.8 Å². The minimum absolute atomic E-state index is 0. The number of pyridine rings is 1. The largest absolute Gasteiger partial charge is 0.380 e. The smallest absolute Gasteiger partial charge is 0.0703 e. The quantitative estimate of drug-likeness (QED) is 0.642. The minimum atomic E-state index is 0. The number of aromatic amines is 1. The van der Waals surface area contributed by atoms with Crippen molar-refractivity contribution in [1.29, 1.82) is 0 Å². The molecule has 2 unspecified atom stereocenters. The number of hydrogen-bond acceptors (Lipinski definition) is 3. The third kappa shape index (κ3) is 3.28. The highest BCUT2D eigenvalue weighted by atomic mass is 35.5. The van der Waals surface area contributed by atoms with E-state index in [9.17, 15) is 0 Å². The molecule has 7 rings (SSSR count). The summed E-state index contributed by atoms with van der Waals surface area (Å²) < 4.78 is 0. The zero-order valence-corrected chi connectivity index (χ0v) is 17.3. The van der Waals surface area contributed by atoms with E-state index in [1.807, 2.05) is 12.4 Å². The SMILES string of the molecule is Cl.Cl.c1cc2cc(-c3ccc(NC4C5CC6CC4CN(C6)C5)cn3)ccc2[nH]1. The van der Waals surface area contributed by atoms with Crippen LogP contribution in [0.2, 0.25) is 0 Å². The molecular formula is C22H26Cl2N4. The number of aromatic nitrogens is 2. The second kappa shape index (κ2) is 7.58. The van der Waals surface area contributed by atoms with Crippen molar-refractivity contribution in [3.05, 3.63) is 48.8 Å². The third-order valence-electron chi connectivity index (χ3n) is 6.74. The zero-order chi connectivity index (χ0) is 17.1. The van der Waals surface area contributed by atoms with Gasteiger partial charge in [-0.25, -0.2) is 0 Å². The summed E-state index contributed by atoms with van der Waals surface area (Å²) in [7, 11) is 0. The number of hydrogen-bond donors (Lipinski definition) is 2. The molecule has 0 amide bonds. The van der Waals surface area contributed by atoms with Crippen LogP contribution in [-0.2, 0) is 0 Å². The summed E-state index contributed by atoms with van der Waals surface area (Å²) in [6.45, 7) is 3.92. The molecule has 0 radical (unpaired) electrons. The lowest BCUT2D eigenvalue weighted by atomic mass is 9.65. The summed E-state index contributed by atoms with van der Waals surface area (Å²) in [6.07, 6.45) is 6.82. The van der Waals surface area contributed by atoms with Crippen LogP contribution >= 0.6 is 24.8 Å². The molecule has 4 fully saturated rings. The maximum absolute atomic E-state index is 4.74. The van der Waals surface area contributed by atoms with Gasteiger partial charge in [0.1, 0.15) is 0 Å². The van der Waals surface area contributed by atoms with E-state index in [0.717, 1.165) is 23.4 Å². The van der Waals surface area contributed by atoms with Crippen LogP contribution in [0.25, 0.3) is 22.2 Å². The van der Waals surface area contributed by atoms with Crippen LogP contribution in [0.5, 0.6) is 0 Å². The van der Waals surface area contributed by atoms with Crippen LogP contribution in [0.4, 0.5) is 5.69 Å². The summed E-state index contributed by atoms with van der Waals surface area (Å²) in [6, 6.07) is 13.6. The van der Waals surface area contributed by atoms with Crippen LogP contribution in [0.3, 0.4) is 0 Å². The number of piperidine rings is 3. The fraction of sp³-hybridized carbons (Fsp3) is 0.409. The second-order valence-corrected chi connectivity index (χ2v) is 8.46. The standard InChI is InChI=1S/C22H24N4.2ClH/c1-3-20-16(5-6-23-20)9-15(1)21-4-2-19(10-24-21)25-22-17-7-14-8-18(22)13-26(11-14)12-17;;/h1-6,9-10,14,17-18,22-23,25H,7-8,11-13H2;2*1H. The molecule has 3 aromatic rings. The monoisotopic (exact) mass is 416 g/mol. The Bertz CT molecular complexity index is 925. The number of nitrogens with zero attached hydrogens (tertiary/aromatic N) is 2. The topological polar surface area (TPSA) is 44.0 Å².